The fourth-order valence-electron chi connectivity index (χ4n) is 4.16. The highest BCUT2D eigenvalue weighted by molar-refractivity contribution is 4.92. The van der Waals surface area contributed by atoms with Crippen molar-refractivity contribution in [2.24, 2.45) is 0 Å². The molecule has 3 rings (SSSR count). The molecule has 3 fully saturated rings. The molecular formula is C15H28N2O. The van der Waals surface area contributed by atoms with Crippen LogP contribution in [0, 0.1) is 0 Å². The van der Waals surface area contributed by atoms with Gasteiger partial charge in [0.25, 0.3) is 0 Å². The van der Waals surface area contributed by atoms with Crippen molar-refractivity contribution in [3.05, 3.63) is 0 Å². The smallest absolute Gasteiger partial charge is 0.0707 e. The Morgan fingerprint density at radius 2 is 1.56 bits per heavy atom. The number of ether oxygens (including phenoxy) is 1. The molecule has 3 heteroatoms. The van der Waals surface area contributed by atoms with Crippen LogP contribution in [-0.2, 0) is 4.74 Å². The lowest BCUT2D eigenvalue weighted by Gasteiger charge is -2.42. The van der Waals surface area contributed by atoms with Gasteiger partial charge in [-0.2, -0.15) is 0 Å². The second kappa shape index (κ2) is 5.89. The van der Waals surface area contributed by atoms with E-state index in [0.29, 0.717) is 18.2 Å². The molecule has 2 bridgehead atoms. The number of hydrogen-bond acceptors (Lipinski definition) is 3. The number of rotatable bonds is 2. The van der Waals surface area contributed by atoms with Gasteiger partial charge in [0, 0.05) is 25.2 Å². The molecule has 2 heterocycles. The van der Waals surface area contributed by atoms with Gasteiger partial charge in [-0.05, 0) is 32.7 Å². The number of likely N-dealkylation sites (tertiary alicyclic amines) is 1. The Bertz CT molecular complexity index is 259. The van der Waals surface area contributed by atoms with E-state index in [1.54, 1.807) is 0 Å². The van der Waals surface area contributed by atoms with Crippen LogP contribution in [0.25, 0.3) is 0 Å². The molecule has 4 unspecified atom stereocenters. The number of morpholine rings is 1. The van der Waals surface area contributed by atoms with Gasteiger partial charge in [-0.25, -0.2) is 0 Å². The minimum Gasteiger partial charge on any atom is -0.372 e. The molecule has 1 aliphatic carbocycles. The van der Waals surface area contributed by atoms with Gasteiger partial charge >= 0.3 is 0 Å². The molecule has 104 valence electrons. The molecule has 0 aromatic carbocycles. The Kier molecular flexibility index (Phi) is 4.22. The summed E-state index contributed by atoms with van der Waals surface area (Å²) < 4.78 is 5.98. The van der Waals surface area contributed by atoms with E-state index in [0.717, 1.165) is 6.04 Å². The Morgan fingerprint density at radius 1 is 0.889 bits per heavy atom. The molecule has 3 nitrogen and oxygen atoms in total. The first-order chi connectivity index (χ1) is 8.86. The van der Waals surface area contributed by atoms with Gasteiger partial charge in [-0.3, -0.25) is 4.90 Å². The quantitative estimate of drug-likeness (QED) is 0.815. The molecule has 18 heavy (non-hydrogen) atoms. The number of hydrogen-bond donors (Lipinski definition) is 1. The molecule has 0 spiro atoms. The Labute approximate surface area is 111 Å². The average Bonchev–Trinajstić information content (AvgIpc) is 2.68. The molecule has 4 atom stereocenters. The van der Waals surface area contributed by atoms with Crippen LogP contribution in [0.2, 0.25) is 0 Å². The van der Waals surface area contributed by atoms with E-state index in [4.69, 9.17) is 4.74 Å². The Balaban J connectivity index is 1.66. The van der Waals surface area contributed by atoms with Crippen LogP contribution in [0.15, 0.2) is 0 Å². The van der Waals surface area contributed by atoms with Crippen molar-refractivity contribution < 1.29 is 4.74 Å². The molecule has 3 aliphatic rings. The Morgan fingerprint density at radius 3 is 2.22 bits per heavy atom. The zero-order valence-electron chi connectivity index (χ0n) is 11.7. The molecule has 0 aromatic rings. The highest BCUT2D eigenvalue weighted by Gasteiger charge is 2.38. The van der Waals surface area contributed by atoms with Crippen molar-refractivity contribution in [1.29, 1.82) is 0 Å². The van der Waals surface area contributed by atoms with Crippen LogP contribution in [0.3, 0.4) is 0 Å². The summed E-state index contributed by atoms with van der Waals surface area (Å²) in [5, 5.41) is 3.59. The number of nitrogens with one attached hydrogen (secondary N) is 1. The van der Waals surface area contributed by atoms with Crippen LogP contribution >= 0.6 is 0 Å². The van der Waals surface area contributed by atoms with E-state index in [1.807, 2.05) is 0 Å². The minimum atomic E-state index is 0.534. The van der Waals surface area contributed by atoms with E-state index >= 15 is 0 Å². The van der Waals surface area contributed by atoms with E-state index in [2.05, 4.69) is 17.3 Å². The van der Waals surface area contributed by atoms with Crippen molar-refractivity contribution >= 4 is 0 Å². The van der Waals surface area contributed by atoms with Gasteiger partial charge in [0.05, 0.1) is 12.2 Å². The van der Waals surface area contributed by atoms with Crippen molar-refractivity contribution in [2.45, 2.75) is 75.7 Å². The van der Waals surface area contributed by atoms with Crippen molar-refractivity contribution in [3.8, 4) is 0 Å². The SMILES string of the molecule is CNC1CCCCCCC1N1CC2CCC(C1)O2. The maximum atomic E-state index is 5.98. The summed E-state index contributed by atoms with van der Waals surface area (Å²) in [6.45, 7) is 2.36. The van der Waals surface area contributed by atoms with Crippen LogP contribution in [0.1, 0.15) is 51.4 Å². The number of likely N-dealkylation sites (N-methyl/N-ethyl adjacent to an activating group) is 1. The lowest BCUT2D eigenvalue weighted by molar-refractivity contribution is -0.0599. The predicted molar refractivity (Wildman–Crippen MR) is 73.8 cm³/mol. The van der Waals surface area contributed by atoms with Gasteiger partial charge in [0.1, 0.15) is 0 Å². The van der Waals surface area contributed by atoms with Gasteiger partial charge in [-0.1, -0.05) is 25.7 Å². The monoisotopic (exact) mass is 252 g/mol. The average molecular weight is 252 g/mol. The summed E-state index contributed by atoms with van der Waals surface area (Å²) in [6, 6.07) is 1.45. The van der Waals surface area contributed by atoms with Crippen molar-refractivity contribution in [1.82, 2.24) is 10.2 Å². The third-order valence-corrected chi connectivity index (χ3v) is 5.14. The third-order valence-electron chi connectivity index (χ3n) is 5.14. The summed E-state index contributed by atoms with van der Waals surface area (Å²) in [6.07, 6.45) is 12.1. The molecule has 2 saturated heterocycles. The zero-order valence-corrected chi connectivity index (χ0v) is 11.7. The van der Waals surface area contributed by atoms with E-state index in [-0.39, 0.29) is 0 Å². The molecule has 0 amide bonds. The fourth-order valence-corrected chi connectivity index (χ4v) is 4.16. The lowest BCUT2D eigenvalue weighted by Crippen LogP contribution is -2.55. The van der Waals surface area contributed by atoms with E-state index in [1.165, 1.54) is 64.5 Å². The maximum absolute atomic E-state index is 5.98. The van der Waals surface area contributed by atoms with E-state index in [9.17, 15) is 0 Å². The largest absolute Gasteiger partial charge is 0.372 e. The normalized spacial score (nSPS) is 42.5. The first-order valence-corrected chi connectivity index (χ1v) is 7.93. The molecular weight excluding hydrogens is 224 g/mol. The topological polar surface area (TPSA) is 24.5 Å². The molecule has 1 saturated carbocycles. The summed E-state index contributed by atoms with van der Waals surface area (Å²) in [5.74, 6) is 0. The molecule has 0 aromatic heterocycles. The molecule has 0 radical (unpaired) electrons. The third kappa shape index (κ3) is 2.73. The highest BCUT2D eigenvalue weighted by Crippen LogP contribution is 2.30. The van der Waals surface area contributed by atoms with Gasteiger partial charge in [-0.15, -0.1) is 0 Å². The minimum absolute atomic E-state index is 0.534. The van der Waals surface area contributed by atoms with Gasteiger partial charge in [0.15, 0.2) is 0 Å². The zero-order chi connectivity index (χ0) is 12.4. The maximum Gasteiger partial charge on any atom is 0.0707 e. The number of fused-ring (bicyclic) bond motifs is 2. The summed E-state index contributed by atoms with van der Waals surface area (Å²) >= 11 is 0. The predicted octanol–water partition coefficient (Wildman–Crippen LogP) is 2.16. The van der Waals surface area contributed by atoms with Gasteiger partial charge in [0.2, 0.25) is 0 Å². The molecule has 2 aliphatic heterocycles. The first kappa shape index (κ1) is 12.9. The van der Waals surface area contributed by atoms with Gasteiger partial charge < -0.3 is 10.1 Å². The highest BCUT2D eigenvalue weighted by atomic mass is 16.5. The summed E-state index contributed by atoms with van der Waals surface area (Å²) in [5.41, 5.74) is 0. The van der Waals surface area contributed by atoms with Crippen LogP contribution in [-0.4, -0.2) is 49.3 Å². The second-order valence-electron chi connectivity index (χ2n) is 6.37. The standard InChI is InChI=1S/C15H28N2O/c1-16-14-6-4-2-3-5-7-15(14)17-10-12-8-9-13(11-17)18-12/h12-16H,2-11H2,1H3. The Hall–Kier alpha value is -0.120. The fraction of sp³-hybridized carbons (Fsp3) is 1.00. The van der Waals surface area contributed by atoms with E-state index < -0.39 is 0 Å². The first-order valence-electron chi connectivity index (χ1n) is 7.93. The summed E-state index contributed by atoms with van der Waals surface area (Å²) in [4.78, 5) is 2.75. The van der Waals surface area contributed by atoms with Crippen molar-refractivity contribution in [3.63, 3.8) is 0 Å². The lowest BCUT2D eigenvalue weighted by atomic mass is 9.90. The summed E-state index contributed by atoms with van der Waals surface area (Å²) in [7, 11) is 2.15. The van der Waals surface area contributed by atoms with Crippen LogP contribution in [0.4, 0.5) is 0 Å². The van der Waals surface area contributed by atoms with Crippen LogP contribution < -0.4 is 5.32 Å². The second-order valence-corrected chi connectivity index (χ2v) is 6.37. The van der Waals surface area contributed by atoms with Crippen molar-refractivity contribution in [2.75, 3.05) is 20.1 Å². The molecule has 1 N–H and O–H groups in total. The number of nitrogens with zero attached hydrogens (tertiary/aromatic N) is 1. The van der Waals surface area contributed by atoms with Crippen LogP contribution in [0.5, 0.6) is 0 Å².